The Labute approximate surface area is 196 Å². The van der Waals surface area contributed by atoms with Gasteiger partial charge in [-0.3, -0.25) is 0 Å². The third-order valence-electron chi connectivity index (χ3n) is 5.65. The highest BCUT2D eigenvalue weighted by molar-refractivity contribution is 7.89. The van der Waals surface area contributed by atoms with E-state index in [-0.39, 0.29) is 23.2 Å². The first-order valence-corrected chi connectivity index (χ1v) is 14.3. The smallest absolute Gasteiger partial charge is 0.243 e. The second kappa shape index (κ2) is 10.5. The van der Waals surface area contributed by atoms with Crippen LogP contribution in [-0.4, -0.2) is 71.0 Å². The van der Waals surface area contributed by atoms with E-state index in [0.717, 1.165) is 11.3 Å². The highest BCUT2D eigenvalue weighted by Crippen LogP contribution is 2.23. The Morgan fingerprint density at radius 2 is 1.61 bits per heavy atom. The molecule has 0 amide bonds. The monoisotopic (exact) mass is 497 g/mol. The van der Waals surface area contributed by atoms with Crippen molar-refractivity contribution < 1.29 is 21.2 Å². The molecule has 1 saturated heterocycles. The van der Waals surface area contributed by atoms with Gasteiger partial charge in [-0.15, -0.1) is 0 Å². The molecule has 7 nitrogen and oxygen atoms in total. The average Bonchev–Trinajstić information content (AvgIpc) is 2.76. The van der Waals surface area contributed by atoms with Crippen LogP contribution in [0.15, 0.2) is 53.4 Å². The van der Waals surface area contributed by atoms with E-state index in [9.17, 15) is 21.2 Å². The van der Waals surface area contributed by atoms with E-state index in [1.165, 1.54) is 27.0 Å². The van der Waals surface area contributed by atoms with Gasteiger partial charge in [0.25, 0.3) is 0 Å². The third-order valence-corrected chi connectivity index (χ3v) is 8.84. The van der Waals surface area contributed by atoms with Crippen LogP contribution in [0, 0.1) is 11.7 Å². The Morgan fingerprint density at radius 1 is 0.970 bits per heavy atom. The summed E-state index contributed by atoms with van der Waals surface area (Å²) in [4.78, 5) is 2.26. The first-order chi connectivity index (χ1) is 15.5. The van der Waals surface area contributed by atoms with Crippen LogP contribution in [0.5, 0.6) is 0 Å². The lowest BCUT2D eigenvalue weighted by Crippen LogP contribution is -2.48. The van der Waals surface area contributed by atoms with Crippen molar-refractivity contribution in [2.75, 3.05) is 50.4 Å². The van der Waals surface area contributed by atoms with Gasteiger partial charge >= 0.3 is 0 Å². The zero-order valence-corrected chi connectivity index (χ0v) is 20.9. The van der Waals surface area contributed by atoms with E-state index < -0.39 is 20.0 Å². The lowest BCUT2D eigenvalue weighted by Gasteiger charge is -2.34. The van der Waals surface area contributed by atoms with Crippen LogP contribution in [-0.2, 0) is 26.5 Å². The van der Waals surface area contributed by atoms with Crippen molar-refractivity contribution in [2.24, 2.45) is 5.92 Å². The van der Waals surface area contributed by atoms with Gasteiger partial charge in [-0.2, -0.15) is 8.61 Å². The van der Waals surface area contributed by atoms with Gasteiger partial charge in [-0.25, -0.2) is 21.2 Å². The molecule has 0 bridgehead atoms. The summed E-state index contributed by atoms with van der Waals surface area (Å²) in [7, 11) is -6.92. The van der Waals surface area contributed by atoms with E-state index in [2.05, 4.69) is 0 Å². The van der Waals surface area contributed by atoms with Crippen LogP contribution in [0.2, 0.25) is 0 Å². The van der Waals surface area contributed by atoms with Crippen molar-refractivity contribution in [3.8, 4) is 0 Å². The molecule has 0 radical (unpaired) electrons. The van der Waals surface area contributed by atoms with Gasteiger partial charge in [-0.1, -0.05) is 26.0 Å². The summed E-state index contributed by atoms with van der Waals surface area (Å²) in [6.07, 6.45) is 1.63. The van der Waals surface area contributed by atoms with Gasteiger partial charge in [0.1, 0.15) is 5.82 Å². The molecule has 0 unspecified atom stereocenters. The van der Waals surface area contributed by atoms with Crippen LogP contribution in [0.1, 0.15) is 19.4 Å². The van der Waals surface area contributed by atoms with Gasteiger partial charge < -0.3 is 4.90 Å². The van der Waals surface area contributed by atoms with Crippen molar-refractivity contribution >= 4 is 25.7 Å². The molecular weight excluding hydrogens is 465 g/mol. The number of hydrogen-bond donors (Lipinski definition) is 0. The van der Waals surface area contributed by atoms with Gasteiger partial charge in [-0.05, 0) is 54.3 Å². The molecule has 1 fully saturated rings. The molecule has 182 valence electrons. The van der Waals surface area contributed by atoms with Crippen LogP contribution in [0.25, 0.3) is 0 Å². The maximum Gasteiger partial charge on any atom is 0.243 e. The summed E-state index contributed by atoms with van der Waals surface area (Å²) < 4.78 is 66.5. The van der Waals surface area contributed by atoms with E-state index in [1.54, 1.807) is 36.4 Å². The van der Waals surface area contributed by atoms with Gasteiger partial charge in [0.2, 0.25) is 20.0 Å². The first-order valence-electron chi connectivity index (χ1n) is 11.0. The topological polar surface area (TPSA) is 78.0 Å². The molecular formula is C23H32FN3O4S2. The van der Waals surface area contributed by atoms with Crippen LogP contribution >= 0.6 is 0 Å². The highest BCUT2D eigenvalue weighted by atomic mass is 32.2. The lowest BCUT2D eigenvalue weighted by molar-refractivity contribution is 0.370. The van der Waals surface area contributed by atoms with Crippen LogP contribution in [0.4, 0.5) is 10.1 Å². The summed E-state index contributed by atoms with van der Waals surface area (Å²) in [5.74, 6) is -0.198. The predicted octanol–water partition coefficient (Wildman–Crippen LogP) is 2.80. The van der Waals surface area contributed by atoms with Crippen molar-refractivity contribution in [3.05, 3.63) is 59.9 Å². The SMILES string of the molecule is CC(C)CN(CCc1cccc(F)c1)S(=O)(=O)c1ccc(N2CCN(S(C)(=O)=O)CC2)cc1. The van der Waals surface area contributed by atoms with Crippen molar-refractivity contribution in [1.82, 2.24) is 8.61 Å². The Balaban J connectivity index is 1.72. The number of anilines is 1. The predicted molar refractivity (Wildman–Crippen MR) is 129 cm³/mol. The summed E-state index contributed by atoms with van der Waals surface area (Å²) in [5, 5.41) is 0. The molecule has 0 atom stereocenters. The summed E-state index contributed by atoms with van der Waals surface area (Å²) in [6, 6.07) is 13.0. The number of rotatable bonds is 9. The number of piperazine rings is 1. The Kier molecular flexibility index (Phi) is 8.15. The molecule has 2 aromatic carbocycles. The van der Waals surface area contributed by atoms with Crippen molar-refractivity contribution in [2.45, 2.75) is 25.2 Å². The fraction of sp³-hybridized carbons (Fsp3) is 0.478. The first kappa shape index (κ1) is 25.6. The molecule has 0 aliphatic carbocycles. The minimum Gasteiger partial charge on any atom is -0.369 e. The maximum atomic E-state index is 13.5. The highest BCUT2D eigenvalue weighted by Gasteiger charge is 2.27. The summed E-state index contributed by atoms with van der Waals surface area (Å²) in [6.45, 7) is 6.46. The molecule has 1 aliphatic rings. The zero-order chi connectivity index (χ0) is 24.2. The molecule has 0 spiro atoms. The second-order valence-electron chi connectivity index (χ2n) is 8.78. The maximum absolute atomic E-state index is 13.5. The molecule has 2 aromatic rings. The van der Waals surface area contributed by atoms with E-state index in [0.29, 0.717) is 39.1 Å². The van der Waals surface area contributed by atoms with E-state index in [4.69, 9.17) is 0 Å². The fourth-order valence-electron chi connectivity index (χ4n) is 3.92. The molecule has 3 rings (SSSR count). The van der Waals surface area contributed by atoms with Gasteiger partial charge in [0.05, 0.1) is 11.2 Å². The van der Waals surface area contributed by atoms with Gasteiger partial charge in [0.15, 0.2) is 0 Å². The standard InChI is InChI=1S/C23H32FN3O4S2/c1-19(2)18-27(12-11-20-5-4-6-21(24)17-20)33(30,31)23-9-7-22(8-10-23)25-13-15-26(16-14-25)32(3,28)29/h4-10,17,19H,11-16,18H2,1-3H3. The molecule has 33 heavy (non-hydrogen) atoms. The minimum absolute atomic E-state index is 0.137. The molecule has 1 heterocycles. The molecule has 1 aliphatic heterocycles. The molecule has 0 aromatic heterocycles. The van der Waals surface area contributed by atoms with E-state index >= 15 is 0 Å². The van der Waals surface area contributed by atoms with E-state index in [1.807, 2.05) is 18.7 Å². The fourth-order valence-corrected chi connectivity index (χ4v) is 6.35. The van der Waals surface area contributed by atoms with Crippen molar-refractivity contribution in [3.63, 3.8) is 0 Å². The zero-order valence-electron chi connectivity index (χ0n) is 19.3. The number of nitrogens with zero attached hydrogens (tertiary/aromatic N) is 3. The lowest BCUT2D eigenvalue weighted by atomic mass is 10.1. The molecule has 0 N–H and O–H groups in total. The second-order valence-corrected chi connectivity index (χ2v) is 12.7. The average molecular weight is 498 g/mol. The summed E-state index contributed by atoms with van der Waals surface area (Å²) >= 11 is 0. The van der Waals surface area contributed by atoms with Crippen LogP contribution in [0.3, 0.4) is 0 Å². The Hall–Kier alpha value is -2.01. The number of hydrogen-bond acceptors (Lipinski definition) is 5. The molecule has 10 heteroatoms. The third kappa shape index (κ3) is 6.75. The van der Waals surface area contributed by atoms with Crippen molar-refractivity contribution in [1.29, 1.82) is 0 Å². The normalized spacial score (nSPS) is 16.0. The molecule has 0 saturated carbocycles. The Morgan fingerprint density at radius 3 is 2.15 bits per heavy atom. The number of sulfonamides is 2. The van der Waals surface area contributed by atoms with Gasteiger partial charge in [0, 0.05) is 45.0 Å². The Bertz CT molecular complexity index is 1140. The summed E-state index contributed by atoms with van der Waals surface area (Å²) in [5.41, 5.74) is 1.61. The largest absolute Gasteiger partial charge is 0.369 e. The minimum atomic E-state index is -3.72. The quantitative estimate of drug-likeness (QED) is 0.532. The number of benzene rings is 2. The number of halogens is 1. The van der Waals surface area contributed by atoms with Crippen LogP contribution < -0.4 is 4.90 Å².